The van der Waals surface area contributed by atoms with Crippen LogP contribution in [-0.4, -0.2) is 20.2 Å². The molecule has 0 bridgehead atoms. The third-order valence-corrected chi connectivity index (χ3v) is 8.76. The van der Waals surface area contributed by atoms with Crippen LogP contribution in [0, 0.1) is 0 Å². The molecule has 4 N–H and O–H groups in total. The Morgan fingerprint density at radius 1 is 0.784 bits per heavy atom. The van der Waals surface area contributed by atoms with Gasteiger partial charge in [-0.3, -0.25) is 9.59 Å². The van der Waals surface area contributed by atoms with Crippen LogP contribution >= 0.6 is 22.7 Å². The van der Waals surface area contributed by atoms with E-state index >= 15 is 0 Å². The molecule has 0 radical (unpaired) electrons. The number of amides is 2. The van der Waals surface area contributed by atoms with Crippen LogP contribution in [0.5, 0.6) is 0 Å². The van der Waals surface area contributed by atoms with Crippen LogP contribution in [0.1, 0.15) is 29.7 Å². The van der Waals surface area contributed by atoms with Gasteiger partial charge in [0.1, 0.15) is 0 Å². The molecule has 192 valence electrons. The molecule has 37 heavy (non-hydrogen) atoms. The first-order chi connectivity index (χ1) is 17.8. The second kappa shape index (κ2) is 12.3. The summed E-state index contributed by atoms with van der Waals surface area (Å²) in [5.41, 5.74) is 2.12. The summed E-state index contributed by atoms with van der Waals surface area (Å²) in [5.74, 6) is -0.204. The zero-order valence-corrected chi connectivity index (χ0v) is 22.4. The van der Waals surface area contributed by atoms with Gasteiger partial charge in [-0.05, 0) is 47.2 Å². The number of hydrogen-bond acceptors (Lipinski definition) is 6. The molecule has 10 heteroatoms. The van der Waals surface area contributed by atoms with Crippen LogP contribution in [0.2, 0.25) is 0 Å². The standard InChI is InChI=1S/C27H27N3O4S3/c28-37(33,34)25-7-2-1-5-22(25)20-12-10-19(11-13-20)17-29-26(31)8-3-9-27(32)30-18-21-14-15-24(36-21)23-6-4-16-35-23/h1-2,4-7,10-16H,3,8-9,17-18H2,(H,29,31)(H,30,32)(H2,28,33,34). The molecule has 0 spiro atoms. The molecule has 0 unspecified atom stereocenters. The van der Waals surface area contributed by atoms with Crippen LogP contribution in [0.15, 0.2) is 83.1 Å². The Kier molecular flexibility index (Phi) is 8.88. The van der Waals surface area contributed by atoms with Gasteiger partial charge in [0.25, 0.3) is 0 Å². The number of nitrogens with two attached hydrogens (primary N) is 1. The fourth-order valence-electron chi connectivity index (χ4n) is 3.75. The monoisotopic (exact) mass is 553 g/mol. The van der Waals surface area contributed by atoms with E-state index in [1.165, 1.54) is 15.8 Å². The summed E-state index contributed by atoms with van der Waals surface area (Å²) < 4.78 is 23.7. The number of rotatable bonds is 11. The van der Waals surface area contributed by atoms with Crippen molar-refractivity contribution in [1.82, 2.24) is 10.6 Å². The summed E-state index contributed by atoms with van der Waals surface area (Å²) in [5, 5.41) is 13.1. The van der Waals surface area contributed by atoms with Gasteiger partial charge in [0, 0.05) is 39.6 Å². The normalized spacial score (nSPS) is 11.3. The summed E-state index contributed by atoms with van der Waals surface area (Å²) in [4.78, 5) is 28.0. The number of carbonyl (C=O) groups is 2. The molecule has 2 aromatic carbocycles. The molecule has 0 saturated carbocycles. The summed E-state index contributed by atoms with van der Waals surface area (Å²) in [6.45, 7) is 0.825. The molecule has 2 amide bonds. The maximum absolute atomic E-state index is 12.2. The fraction of sp³-hybridized carbons (Fsp3) is 0.185. The van der Waals surface area contributed by atoms with Gasteiger partial charge in [0.2, 0.25) is 21.8 Å². The minimum absolute atomic E-state index is 0.0682. The number of primary sulfonamides is 1. The van der Waals surface area contributed by atoms with Crippen molar-refractivity contribution in [2.24, 2.45) is 5.14 Å². The van der Waals surface area contributed by atoms with Gasteiger partial charge in [0.15, 0.2) is 0 Å². The predicted octanol–water partition coefficient (Wildman–Crippen LogP) is 4.89. The number of nitrogens with one attached hydrogen (secondary N) is 2. The maximum atomic E-state index is 12.2. The van der Waals surface area contributed by atoms with E-state index in [9.17, 15) is 18.0 Å². The van der Waals surface area contributed by atoms with Crippen LogP contribution in [-0.2, 0) is 32.7 Å². The largest absolute Gasteiger partial charge is 0.352 e. The Hall–Kier alpha value is -3.31. The lowest BCUT2D eigenvalue weighted by molar-refractivity contribution is -0.122. The molecule has 2 aromatic heterocycles. The lowest BCUT2D eigenvalue weighted by Crippen LogP contribution is -2.24. The van der Waals surface area contributed by atoms with Crippen LogP contribution in [0.4, 0.5) is 0 Å². The van der Waals surface area contributed by atoms with Gasteiger partial charge < -0.3 is 10.6 Å². The van der Waals surface area contributed by atoms with Crippen LogP contribution in [0.3, 0.4) is 0 Å². The first kappa shape index (κ1) is 26.7. The van der Waals surface area contributed by atoms with Crippen molar-refractivity contribution in [2.75, 3.05) is 0 Å². The zero-order valence-electron chi connectivity index (χ0n) is 20.0. The summed E-state index contributed by atoms with van der Waals surface area (Å²) in [7, 11) is -3.84. The van der Waals surface area contributed by atoms with Gasteiger partial charge in [-0.1, -0.05) is 48.5 Å². The minimum atomic E-state index is -3.84. The van der Waals surface area contributed by atoms with Crippen LogP contribution < -0.4 is 15.8 Å². The molecule has 0 aliphatic carbocycles. The summed E-state index contributed by atoms with van der Waals surface area (Å²) in [6, 6.07) is 22.0. The molecule has 2 heterocycles. The van der Waals surface area contributed by atoms with Crippen molar-refractivity contribution < 1.29 is 18.0 Å². The van der Waals surface area contributed by atoms with Gasteiger partial charge in [0.05, 0.1) is 11.4 Å². The zero-order chi connectivity index (χ0) is 26.3. The second-order valence-corrected chi connectivity index (χ2v) is 12.0. The van der Waals surface area contributed by atoms with E-state index in [0.29, 0.717) is 25.1 Å². The molecule has 0 aliphatic heterocycles. The fourth-order valence-corrected chi connectivity index (χ4v) is 6.29. The highest BCUT2D eigenvalue weighted by Crippen LogP contribution is 2.31. The van der Waals surface area contributed by atoms with E-state index in [4.69, 9.17) is 5.14 Å². The van der Waals surface area contributed by atoms with E-state index in [-0.39, 0.29) is 29.6 Å². The molecular formula is C27H27N3O4S3. The quantitative estimate of drug-likeness (QED) is 0.245. The lowest BCUT2D eigenvalue weighted by atomic mass is 10.0. The highest BCUT2D eigenvalue weighted by atomic mass is 32.2. The second-order valence-electron chi connectivity index (χ2n) is 8.39. The van der Waals surface area contributed by atoms with Crippen molar-refractivity contribution in [3.05, 3.63) is 88.6 Å². The number of benzene rings is 2. The summed E-state index contributed by atoms with van der Waals surface area (Å²) >= 11 is 3.36. The molecule has 0 fully saturated rings. The van der Waals surface area contributed by atoms with Crippen LogP contribution in [0.25, 0.3) is 20.9 Å². The molecular weight excluding hydrogens is 527 g/mol. The Morgan fingerprint density at radius 2 is 1.49 bits per heavy atom. The smallest absolute Gasteiger partial charge is 0.238 e. The van der Waals surface area contributed by atoms with Gasteiger partial charge in [-0.25, -0.2) is 13.6 Å². The van der Waals surface area contributed by atoms with Crippen molar-refractivity contribution >= 4 is 44.5 Å². The maximum Gasteiger partial charge on any atom is 0.238 e. The molecule has 0 aliphatic rings. The van der Waals surface area contributed by atoms with Crippen molar-refractivity contribution in [1.29, 1.82) is 0 Å². The molecule has 4 rings (SSSR count). The molecule has 0 saturated heterocycles. The van der Waals surface area contributed by atoms with Crippen molar-refractivity contribution in [3.63, 3.8) is 0 Å². The first-order valence-corrected chi connectivity index (χ1v) is 14.9. The van der Waals surface area contributed by atoms with E-state index < -0.39 is 10.0 Å². The summed E-state index contributed by atoms with van der Waals surface area (Å²) in [6.07, 6.45) is 1.01. The molecule has 4 aromatic rings. The van der Waals surface area contributed by atoms with Crippen molar-refractivity contribution in [2.45, 2.75) is 37.2 Å². The minimum Gasteiger partial charge on any atom is -0.352 e. The van der Waals surface area contributed by atoms with E-state index in [0.717, 1.165) is 16.0 Å². The Bertz CT molecular complexity index is 1460. The number of hydrogen-bond donors (Lipinski definition) is 3. The highest BCUT2D eigenvalue weighted by molar-refractivity contribution is 7.89. The topological polar surface area (TPSA) is 118 Å². The highest BCUT2D eigenvalue weighted by Gasteiger charge is 2.14. The third-order valence-electron chi connectivity index (χ3n) is 5.64. The third kappa shape index (κ3) is 7.59. The predicted molar refractivity (Wildman–Crippen MR) is 148 cm³/mol. The van der Waals surface area contributed by atoms with Gasteiger partial charge in [-0.2, -0.15) is 0 Å². The SMILES string of the molecule is NS(=O)(=O)c1ccccc1-c1ccc(CNC(=O)CCCC(=O)NCc2ccc(-c3cccs3)s2)cc1. The number of sulfonamides is 1. The molecule has 0 atom stereocenters. The van der Waals surface area contributed by atoms with E-state index in [1.807, 2.05) is 29.6 Å². The Morgan fingerprint density at radius 3 is 2.16 bits per heavy atom. The van der Waals surface area contributed by atoms with E-state index in [1.54, 1.807) is 53.0 Å². The van der Waals surface area contributed by atoms with Gasteiger partial charge in [-0.15, -0.1) is 22.7 Å². The molecule has 7 nitrogen and oxygen atoms in total. The van der Waals surface area contributed by atoms with Gasteiger partial charge >= 0.3 is 0 Å². The number of carbonyl (C=O) groups excluding carboxylic acids is 2. The number of thiophene rings is 2. The first-order valence-electron chi connectivity index (χ1n) is 11.7. The lowest BCUT2D eigenvalue weighted by Gasteiger charge is -2.09. The van der Waals surface area contributed by atoms with Crippen molar-refractivity contribution in [3.8, 4) is 20.9 Å². The average Bonchev–Trinajstić information content (AvgIpc) is 3.58. The van der Waals surface area contributed by atoms with E-state index in [2.05, 4.69) is 22.8 Å². The Balaban J connectivity index is 1.17. The average molecular weight is 554 g/mol. The Labute approximate surface area is 224 Å².